The molecule has 0 saturated carbocycles. The third-order valence-corrected chi connectivity index (χ3v) is 3.77. The molecule has 2 rings (SSSR count). The lowest BCUT2D eigenvalue weighted by molar-refractivity contribution is 0.572. The van der Waals surface area contributed by atoms with Gasteiger partial charge in [0, 0.05) is 22.6 Å². The molecular weight excluding hydrogens is 284 g/mol. The van der Waals surface area contributed by atoms with Crippen LogP contribution in [0.2, 0.25) is 0 Å². The highest BCUT2D eigenvalue weighted by molar-refractivity contribution is 9.10. The molecule has 1 unspecified atom stereocenters. The van der Waals surface area contributed by atoms with Gasteiger partial charge in [-0.3, -0.25) is 0 Å². The molecule has 4 heteroatoms. The highest BCUT2D eigenvalue weighted by Gasteiger charge is 2.06. The molecule has 0 aliphatic rings. The first-order valence-corrected chi connectivity index (χ1v) is 6.80. The van der Waals surface area contributed by atoms with E-state index in [2.05, 4.69) is 51.4 Å². The van der Waals surface area contributed by atoms with Crippen molar-refractivity contribution in [1.82, 2.24) is 10.3 Å². The molecule has 1 aromatic heterocycles. The topological polar surface area (TPSA) is 24.9 Å². The van der Waals surface area contributed by atoms with E-state index >= 15 is 0 Å². The second kappa shape index (κ2) is 5.57. The number of halogens is 1. The van der Waals surface area contributed by atoms with Crippen molar-refractivity contribution in [2.75, 3.05) is 0 Å². The molecule has 0 saturated heterocycles. The monoisotopic (exact) mass is 296 g/mol. The minimum atomic E-state index is 0.305. The highest BCUT2D eigenvalue weighted by atomic mass is 79.9. The van der Waals surface area contributed by atoms with Crippen LogP contribution in [-0.2, 0) is 6.54 Å². The number of thiazole rings is 1. The maximum absolute atomic E-state index is 4.29. The Morgan fingerprint density at radius 3 is 3.06 bits per heavy atom. The van der Waals surface area contributed by atoms with Gasteiger partial charge in [0.25, 0.3) is 0 Å². The SMILES string of the molecule is CC(NCc1cccc(Br)c1)c1nccs1. The number of nitrogens with one attached hydrogen (secondary N) is 1. The number of hydrogen-bond donors (Lipinski definition) is 1. The van der Waals surface area contributed by atoms with Crippen LogP contribution in [0, 0.1) is 0 Å². The van der Waals surface area contributed by atoms with Crippen LogP contribution in [0.4, 0.5) is 0 Å². The first-order chi connectivity index (χ1) is 7.75. The fraction of sp³-hybridized carbons (Fsp3) is 0.250. The van der Waals surface area contributed by atoms with Crippen molar-refractivity contribution in [1.29, 1.82) is 0 Å². The molecule has 1 N–H and O–H groups in total. The van der Waals surface area contributed by atoms with Gasteiger partial charge in [0.2, 0.25) is 0 Å². The zero-order valence-corrected chi connectivity index (χ0v) is 11.4. The molecule has 0 radical (unpaired) electrons. The Morgan fingerprint density at radius 1 is 1.50 bits per heavy atom. The summed E-state index contributed by atoms with van der Waals surface area (Å²) in [5.41, 5.74) is 1.28. The average Bonchev–Trinajstić information content (AvgIpc) is 2.79. The summed E-state index contributed by atoms with van der Waals surface area (Å²) >= 11 is 5.16. The van der Waals surface area contributed by atoms with Crippen molar-refractivity contribution < 1.29 is 0 Å². The van der Waals surface area contributed by atoms with E-state index < -0.39 is 0 Å². The molecule has 0 aliphatic carbocycles. The second-order valence-corrected chi connectivity index (χ2v) is 5.44. The van der Waals surface area contributed by atoms with Crippen LogP contribution in [-0.4, -0.2) is 4.98 Å². The zero-order chi connectivity index (χ0) is 11.4. The maximum atomic E-state index is 4.29. The second-order valence-electron chi connectivity index (χ2n) is 3.60. The Bertz CT molecular complexity index is 442. The Balaban J connectivity index is 1.92. The van der Waals surface area contributed by atoms with Crippen LogP contribution >= 0.6 is 27.3 Å². The third kappa shape index (κ3) is 3.14. The number of nitrogens with zero attached hydrogens (tertiary/aromatic N) is 1. The van der Waals surface area contributed by atoms with Gasteiger partial charge in [-0.1, -0.05) is 28.1 Å². The van der Waals surface area contributed by atoms with E-state index in [0.717, 1.165) is 16.0 Å². The Morgan fingerprint density at radius 2 is 2.38 bits per heavy atom. The Kier molecular flexibility index (Phi) is 4.09. The smallest absolute Gasteiger partial charge is 0.109 e. The van der Waals surface area contributed by atoms with Gasteiger partial charge in [-0.15, -0.1) is 11.3 Å². The molecule has 0 fully saturated rings. The zero-order valence-electron chi connectivity index (χ0n) is 8.98. The molecule has 16 heavy (non-hydrogen) atoms. The maximum Gasteiger partial charge on any atom is 0.109 e. The molecule has 0 aliphatic heterocycles. The molecule has 2 nitrogen and oxygen atoms in total. The predicted molar refractivity (Wildman–Crippen MR) is 71.5 cm³/mol. The van der Waals surface area contributed by atoms with Gasteiger partial charge < -0.3 is 5.32 Å². The van der Waals surface area contributed by atoms with Crippen LogP contribution in [0.25, 0.3) is 0 Å². The molecule has 1 heterocycles. The van der Waals surface area contributed by atoms with Crippen LogP contribution in [0.5, 0.6) is 0 Å². The molecule has 0 bridgehead atoms. The van der Waals surface area contributed by atoms with Crippen molar-refractivity contribution >= 4 is 27.3 Å². The number of aromatic nitrogens is 1. The fourth-order valence-electron chi connectivity index (χ4n) is 1.45. The lowest BCUT2D eigenvalue weighted by Gasteiger charge is -2.11. The number of rotatable bonds is 4. The quantitative estimate of drug-likeness (QED) is 0.929. The molecule has 2 aromatic rings. The van der Waals surface area contributed by atoms with Gasteiger partial charge in [0.15, 0.2) is 0 Å². The summed E-state index contributed by atoms with van der Waals surface area (Å²) in [6.07, 6.45) is 1.84. The molecular formula is C12H13BrN2S. The Labute approximate surface area is 108 Å². The lowest BCUT2D eigenvalue weighted by atomic mass is 10.2. The molecule has 84 valence electrons. The van der Waals surface area contributed by atoms with E-state index in [0.29, 0.717) is 6.04 Å². The van der Waals surface area contributed by atoms with E-state index in [4.69, 9.17) is 0 Å². The van der Waals surface area contributed by atoms with Gasteiger partial charge in [-0.25, -0.2) is 4.98 Å². The van der Waals surface area contributed by atoms with Crippen molar-refractivity contribution in [3.8, 4) is 0 Å². The first kappa shape index (κ1) is 11.8. The minimum Gasteiger partial charge on any atom is -0.304 e. The van der Waals surface area contributed by atoms with Crippen LogP contribution in [0.15, 0.2) is 40.3 Å². The van der Waals surface area contributed by atoms with Crippen LogP contribution in [0.1, 0.15) is 23.5 Å². The van der Waals surface area contributed by atoms with Gasteiger partial charge in [-0.2, -0.15) is 0 Å². The van der Waals surface area contributed by atoms with Gasteiger partial charge >= 0.3 is 0 Å². The van der Waals surface area contributed by atoms with E-state index in [1.165, 1.54) is 5.56 Å². The normalized spacial score (nSPS) is 12.6. The van der Waals surface area contributed by atoms with Crippen LogP contribution < -0.4 is 5.32 Å². The molecule has 1 aromatic carbocycles. The largest absolute Gasteiger partial charge is 0.304 e. The van der Waals surface area contributed by atoms with Gasteiger partial charge in [0.1, 0.15) is 5.01 Å². The summed E-state index contributed by atoms with van der Waals surface area (Å²) in [6, 6.07) is 8.63. The summed E-state index contributed by atoms with van der Waals surface area (Å²) < 4.78 is 1.12. The van der Waals surface area contributed by atoms with Gasteiger partial charge in [-0.05, 0) is 24.6 Å². The lowest BCUT2D eigenvalue weighted by Crippen LogP contribution is -2.17. The van der Waals surface area contributed by atoms with Crippen molar-refractivity contribution in [3.63, 3.8) is 0 Å². The molecule has 0 spiro atoms. The third-order valence-electron chi connectivity index (χ3n) is 2.32. The van der Waals surface area contributed by atoms with Crippen LogP contribution in [0.3, 0.4) is 0 Å². The number of hydrogen-bond acceptors (Lipinski definition) is 3. The summed E-state index contributed by atoms with van der Waals surface area (Å²) in [4.78, 5) is 4.29. The average molecular weight is 297 g/mol. The van der Waals surface area contributed by atoms with E-state index in [1.807, 2.05) is 17.6 Å². The fourth-order valence-corrected chi connectivity index (χ4v) is 2.57. The molecule has 1 atom stereocenters. The predicted octanol–water partition coefficient (Wildman–Crippen LogP) is 3.76. The van der Waals surface area contributed by atoms with Gasteiger partial charge in [0.05, 0.1) is 6.04 Å². The first-order valence-electron chi connectivity index (χ1n) is 5.13. The van der Waals surface area contributed by atoms with Crippen molar-refractivity contribution in [2.45, 2.75) is 19.5 Å². The van der Waals surface area contributed by atoms with Crippen molar-refractivity contribution in [2.24, 2.45) is 0 Å². The molecule has 0 amide bonds. The van der Waals surface area contributed by atoms with E-state index in [1.54, 1.807) is 11.3 Å². The highest BCUT2D eigenvalue weighted by Crippen LogP contribution is 2.16. The summed E-state index contributed by atoms with van der Waals surface area (Å²) in [7, 11) is 0. The van der Waals surface area contributed by atoms with E-state index in [-0.39, 0.29) is 0 Å². The summed E-state index contributed by atoms with van der Waals surface area (Å²) in [5.74, 6) is 0. The number of benzene rings is 1. The summed E-state index contributed by atoms with van der Waals surface area (Å²) in [6.45, 7) is 3.00. The Hall–Kier alpha value is -0.710. The summed E-state index contributed by atoms with van der Waals surface area (Å²) in [5, 5.41) is 6.60. The van der Waals surface area contributed by atoms with Crippen molar-refractivity contribution in [3.05, 3.63) is 50.9 Å². The van der Waals surface area contributed by atoms with E-state index in [9.17, 15) is 0 Å². The standard InChI is InChI=1S/C12H13BrN2S/c1-9(12-14-5-6-16-12)15-8-10-3-2-4-11(13)7-10/h2-7,9,15H,8H2,1H3. The minimum absolute atomic E-state index is 0.305.